The second-order valence-corrected chi connectivity index (χ2v) is 10.9. The summed E-state index contributed by atoms with van der Waals surface area (Å²) in [5.41, 5.74) is 0.735. The van der Waals surface area contributed by atoms with Crippen LogP contribution in [-0.2, 0) is 8.85 Å². The first kappa shape index (κ1) is 16.5. The summed E-state index contributed by atoms with van der Waals surface area (Å²) in [7, 11) is -2.12. The molecule has 20 heavy (non-hydrogen) atoms. The molecule has 0 atom stereocenters. The van der Waals surface area contributed by atoms with Crippen LogP contribution >= 0.6 is 0 Å². The maximum absolute atomic E-state index is 6.57. The highest BCUT2D eigenvalue weighted by Gasteiger charge is 2.59. The molecule has 3 heteroatoms. The molecule has 2 fully saturated rings. The lowest BCUT2D eigenvalue weighted by molar-refractivity contribution is 0.124. The van der Waals surface area contributed by atoms with E-state index >= 15 is 0 Å². The third-order valence-corrected chi connectivity index (χ3v) is 10.9. The minimum absolute atomic E-state index is 0.347. The molecule has 0 aromatic heterocycles. The van der Waals surface area contributed by atoms with Crippen molar-refractivity contribution in [2.75, 3.05) is 13.2 Å². The summed E-state index contributed by atoms with van der Waals surface area (Å²) < 4.78 is 13.1. The highest BCUT2D eigenvalue weighted by atomic mass is 28.4. The summed E-state index contributed by atoms with van der Waals surface area (Å²) in [5.74, 6) is 0. The lowest BCUT2D eigenvalue weighted by atomic mass is 9.90. The largest absolute Gasteiger partial charge is 0.394 e. The average Bonchev–Trinajstić information content (AvgIpc) is 2.48. The smallest absolute Gasteiger partial charge is 0.347 e. The van der Waals surface area contributed by atoms with E-state index < -0.39 is 8.56 Å². The Hall–Kier alpha value is 0.137. The van der Waals surface area contributed by atoms with Crippen LogP contribution in [0.25, 0.3) is 0 Å². The van der Waals surface area contributed by atoms with Gasteiger partial charge >= 0.3 is 8.56 Å². The lowest BCUT2D eigenvalue weighted by Gasteiger charge is -2.51. The van der Waals surface area contributed by atoms with Crippen molar-refractivity contribution in [3.8, 4) is 0 Å². The Bertz CT molecular complexity index is 275. The number of hydrogen-bond acceptors (Lipinski definition) is 2. The first-order valence-corrected chi connectivity index (χ1v) is 10.9. The molecule has 0 N–H and O–H groups in total. The first-order valence-electron chi connectivity index (χ1n) is 8.96. The molecule has 0 bridgehead atoms. The van der Waals surface area contributed by atoms with Gasteiger partial charge in [-0.15, -0.1) is 0 Å². The van der Waals surface area contributed by atoms with Gasteiger partial charge in [-0.3, -0.25) is 0 Å². The normalized spacial score (nSPS) is 24.8. The Morgan fingerprint density at radius 3 is 1.85 bits per heavy atom. The van der Waals surface area contributed by atoms with Crippen molar-refractivity contribution in [1.82, 2.24) is 0 Å². The van der Waals surface area contributed by atoms with Crippen LogP contribution in [0.15, 0.2) is 0 Å². The Morgan fingerprint density at radius 2 is 1.35 bits per heavy atom. The van der Waals surface area contributed by atoms with Crippen molar-refractivity contribution >= 4 is 8.56 Å². The average molecular weight is 299 g/mol. The highest BCUT2D eigenvalue weighted by Crippen LogP contribution is 2.57. The molecule has 0 saturated heterocycles. The van der Waals surface area contributed by atoms with Gasteiger partial charge in [0.25, 0.3) is 0 Å². The summed E-state index contributed by atoms with van der Waals surface area (Å²) in [6, 6.07) is 0. The first-order chi connectivity index (χ1) is 9.68. The third kappa shape index (κ3) is 3.15. The topological polar surface area (TPSA) is 18.5 Å². The van der Waals surface area contributed by atoms with Crippen LogP contribution in [0.2, 0.25) is 10.6 Å². The van der Waals surface area contributed by atoms with Crippen LogP contribution in [0.4, 0.5) is 0 Å². The summed E-state index contributed by atoms with van der Waals surface area (Å²) in [5, 5.41) is 0.347. The molecule has 0 spiro atoms. The zero-order chi connectivity index (χ0) is 14.5. The molecule has 0 unspecified atom stereocenters. The molecule has 2 rings (SSSR count). The zero-order valence-electron chi connectivity index (χ0n) is 13.9. The monoisotopic (exact) mass is 298 g/mol. The van der Waals surface area contributed by atoms with Gasteiger partial charge in [0.05, 0.1) is 0 Å². The van der Waals surface area contributed by atoms with Gasteiger partial charge in [0, 0.05) is 23.8 Å². The van der Waals surface area contributed by atoms with Crippen LogP contribution in [0.3, 0.4) is 0 Å². The molecule has 0 aliphatic heterocycles. The van der Waals surface area contributed by atoms with Crippen molar-refractivity contribution in [2.45, 2.75) is 95.6 Å². The quantitative estimate of drug-likeness (QED) is 0.598. The molecular weight excluding hydrogens is 264 g/mol. The molecule has 0 radical (unpaired) electrons. The SMILES string of the molecule is CCO[Si](OCC)(C1CCCCC1)C1(C)CCCCC1. The minimum atomic E-state index is -2.12. The second-order valence-electron chi connectivity index (χ2n) is 6.99. The molecule has 0 heterocycles. The maximum atomic E-state index is 6.57. The maximum Gasteiger partial charge on any atom is 0.347 e. The Labute approximate surface area is 126 Å². The van der Waals surface area contributed by atoms with E-state index in [9.17, 15) is 0 Å². The van der Waals surface area contributed by atoms with E-state index in [-0.39, 0.29) is 0 Å². The molecule has 2 nitrogen and oxygen atoms in total. The fraction of sp³-hybridized carbons (Fsp3) is 1.00. The van der Waals surface area contributed by atoms with Gasteiger partial charge in [0.1, 0.15) is 0 Å². The van der Waals surface area contributed by atoms with Crippen LogP contribution in [-0.4, -0.2) is 21.8 Å². The van der Waals surface area contributed by atoms with E-state index in [1.807, 2.05) is 0 Å². The van der Waals surface area contributed by atoms with Gasteiger partial charge in [-0.25, -0.2) is 0 Å². The highest BCUT2D eigenvalue weighted by molar-refractivity contribution is 6.72. The van der Waals surface area contributed by atoms with Crippen molar-refractivity contribution < 1.29 is 8.85 Å². The zero-order valence-corrected chi connectivity index (χ0v) is 14.9. The molecule has 2 saturated carbocycles. The third-order valence-electron chi connectivity index (χ3n) is 5.66. The molecule has 0 aromatic carbocycles. The molecular formula is C17H34O2Si. The molecule has 0 aromatic rings. The Balaban J connectivity index is 2.28. The summed E-state index contributed by atoms with van der Waals surface area (Å²) >= 11 is 0. The van der Waals surface area contributed by atoms with Gasteiger partial charge in [-0.05, 0) is 39.5 Å². The molecule has 2 aliphatic carbocycles. The van der Waals surface area contributed by atoms with Gasteiger partial charge in [0.15, 0.2) is 0 Å². The van der Waals surface area contributed by atoms with Crippen molar-refractivity contribution in [1.29, 1.82) is 0 Å². The summed E-state index contributed by atoms with van der Waals surface area (Å²) in [6.07, 6.45) is 13.7. The van der Waals surface area contributed by atoms with Crippen molar-refractivity contribution in [3.05, 3.63) is 0 Å². The van der Waals surface area contributed by atoms with E-state index in [2.05, 4.69) is 20.8 Å². The standard InChI is InChI=1S/C17H34O2Si/c1-4-18-20(19-5-2,16-12-8-6-9-13-16)17(3)14-10-7-11-15-17/h16H,4-15H2,1-3H3. The van der Waals surface area contributed by atoms with Crippen LogP contribution in [0.1, 0.15) is 85.0 Å². The van der Waals surface area contributed by atoms with Crippen molar-refractivity contribution in [2.24, 2.45) is 0 Å². The van der Waals surface area contributed by atoms with Crippen LogP contribution in [0, 0.1) is 0 Å². The summed E-state index contributed by atoms with van der Waals surface area (Å²) in [6.45, 7) is 8.49. The van der Waals surface area contributed by atoms with Gasteiger partial charge in [-0.2, -0.15) is 0 Å². The minimum Gasteiger partial charge on any atom is -0.394 e. The van der Waals surface area contributed by atoms with Gasteiger partial charge in [0.2, 0.25) is 0 Å². The Kier molecular flexibility index (Phi) is 6.12. The van der Waals surface area contributed by atoms with E-state index in [0.29, 0.717) is 5.04 Å². The molecule has 0 amide bonds. The Morgan fingerprint density at radius 1 is 0.850 bits per heavy atom. The molecule has 2 aliphatic rings. The van der Waals surface area contributed by atoms with Crippen LogP contribution < -0.4 is 0 Å². The predicted molar refractivity (Wildman–Crippen MR) is 87.3 cm³/mol. The summed E-state index contributed by atoms with van der Waals surface area (Å²) in [4.78, 5) is 0. The van der Waals surface area contributed by atoms with E-state index in [4.69, 9.17) is 8.85 Å². The van der Waals surface area contributed by atoms with Gasteiger partial charge in [-0.1, -0.05) is 45.4 Å². The van der Waals surface area contributed by atoms with E-state index in [0.717, 1.165) is 18.8 Å². The second kappa shape index (κ2) is 7.41. The fourth-order valence-electron chi connectivity index (χ4n) is 4.71. The predicted octanol–water partition coefficient (Wildman–Crippen LogP) is 5.56. The van der Waals surface area contributed by atoms with E-state index in [1.54, 1.807) is 0 Å². The van der Waals surface area contributed by atoms with Crippen molar-refractivity contribution in [3.63, 3.8) is 0 Å². The molecule has 118 valence electrons. The number of hydrogen-bond donors (Lipinski definition) is 0. The van der Waals surface area contributed by atoms with E-state index in [1.165, 1.54) is 64.2 Å². The van der Waals surface area contributed by atoms with Gasteiger partial charge < -0.3 is 8.85 Å². The fourth-order valence-corrected chi connectivity index (χ4v) is 10.0. The number of rotatable bonds is 6. The lowest BCUT2D eigenvalue weighted by Crippen LogP contribution is -2.57. The van der Waals surface area contributed by atoms with Crippen LogP contribution in [0.5, 0.6) is 0 Å².